The smallest absolute Gasteiger partial charge is 0.211 e. The van der Waals surface area contributed by atoms with Crippen molar-refractivity contribution in [3.05, 3.63) is 29.3 Å². The summed E-state index contributed by atoms with van der Waals surface area (Å²) in [5.74, 6) is -0.0668. The lowest BCUT2D eigenvalue weighted by molar-refractivity contribution is 1.21. The van der Waals surface area contributed by atoms with E-state index in [-0.39, 0.29) is 5.96 Å². The van der Waals surface area contributed by atoms with Crippen LogP contribution in [0.4, 0.5) is 5.69 Å². The third-order valence-electron chi connectivity index (χ3n) is 1.79. The number of nitrogens with zero attached hydrogens (tertiary/aromatic N) is 2. The molecule has 5 heteroatoms. The van der Waals surface area contributed by atoms with Crippen LogP contribution in [0.15, 0.2) is 28.4 Å². The van der Waals surface area contributed by atoms with Crippen molar-refractivity contribution in [2.24, 2.45) is 21.7 Å². The summed E-state index contributed by atoms with van der Waals surface area (Å²) in [6.07, 6.45) is 1.56. The van der Waals surface area contributed by atoms with Crippen LogP contribution in [0.3, 0.4) is 0 Å². The molecule has 0 spiro atoms. The molecule has 6 N–H and O–H groups in total. The van der Waals surface area contributed by atoms with Crippen LogP contribution in [0, 0.1) is 6.92 Å². The lowest BCUT2D eigenvalue weighted by Gasteiger charge is -2.01. The molecule has 0 saturated heterocycles. The molecular formula is C9H13N5. The molecule has 0 saturated carbocycles. The Balaban J connectivity index is 2.92. The van der Waals surface area contributed by atoms with Crippen LogP contribution < -0.4 is 17.2 Å². The maximum absolute atomic E-state index is 5.71. The molecule has 0 fully saturated rings. The van der Waals surface area contributed by atoms with Crippen molar-refractivity contribution in [1.82, 2.24) is 0 Å². The van der Waals surface area contributed by atoms with Crippen molar-refractivity contribution in [2.75, 3.05) is 5.73 Å². The van der Waals surface area contributed by atoms with Crippen LogP contribution in [-0.4, -0.2) is 12.2 Å². The van der Waals surface area contributed by atoms with Crippen LogP contribution in [0.2, 0.25) is 0 Å². The van der Waals surface area contributed by atoms with E-state index in [1.54, 1.807) is 6.21 Å². The van der Waals surface area contributed by atoms with E-state index in [0.717, 1.165) is 16.8 Å². The molecule has 0 aliphatic heterocycles. The first-order valence-electron chi connectivity index (χ1n) is 4.08. The highest BCUT2D eigenvalue weighted by molar-refractivity contribution is 5.84. The van der Waals surface area contributed by atoms with E-state index in [0.29, 0.717) is 0 Å². The van der Waals surface area contributed by atoms with Gasteiger partial charge in [0.25, 0.3) is 0 Å². The average Bonchev–Trinajstić information content (AvgIpc) is 2.12. The molecule has 0 heterocycles. The highest BCUT2D eigenvalue weighted by Crippen LogP contribution is 2.13. The van der Waals surface area contributed by atoms with Gasteiger partial charge in [-0.3, -0.25) is 0 Å². The minimum absolute atomic E-state index is 0.0668. The molecule has 0 aliphatic rings. The predicted molar refractivity (Wildman–Crippen MR) is 59.0 cm³/mol. The highest BCUT2D eigenvalue weighted by atomic mass is 15.3. The van der Waals surface area contributed by atoms with Crippen molar-refractivity contribution >= 4 is 17.9 Å². The molecule has 0 aliphatic carbocycles. The van der Waals surface area contributed by atoms with Gasteiger partial charge in [-0.15, -0.1) is 5.10 Å². The Morgan fingerprint density at radius 3 is 2.71 bits per heavy atom. The number of rotatable bonds is 2. The van der Waals surface area contributed by atoms with Crippen LogP contribution >= 0.6 is 0 Å². The molecular weight excluding hydrogens is 178 g/mol. The molecule has 0 bridgehead atoms. The van der Waals surface area contributed by atoms with Crippen LogP contribution in [0.1, 0.15) is 11.1 Å². The predicted octanol–water partition coefficient (Wildman–Crippen LogP) is 0.185. The highest BCUT2D eigenvalue weighted by Gasteiger charge is 1.96. The van der Waals surface area contributed by atoms with Crippen LogP contribution in [-0.2, 0) is 0 Å². The summed E-state index contributed by atoms with van der Waals surface area (Å²) in [6.45, 7) is 1.91. The number of hydrogen-bond acceptors (Lipinski definition) is 3. The fraction of sp³-hybridized carbons (Fsp3) is 0.111. The Hall–Kier alpha value is -2.04. The summed E-state index contributed by atoms with van der Waals surface area (Å²) >= 11 is 0. The van der Waals surface area contributed by atoms with E-state index in [9.17, 15) is 0 Å². The molecule has 0 radical (unpaired) electrons. The van der Waals surface area contributed by atoms with Crippen LogP contribution in [0.5, 0.6) is 0 Å². The second-order valence-electron chi connectivity index (χ2n) is 2.83. The zero-order valence-electron chi connectivity index (χ0n) is 7.94. The summed E-state index contributed by atoms with van der Waals surface area (Å²) in [6, 6.07) is 5.56. The number of anilines is 1. The number of nitrogen functional groups attached to an aromatic ring is 1. The van der Waals surface area contributed by atoms with Gasteiger partial charge in [0.05, 0.1) is 6.21 Å². The topological polar surface area (TPSA) is 103 Å². The molecule has 14 heavy (non-hydrogen) atoms. The molecule has 0 aromatic heterocycles. The SMILES string of the molecule is Cc1c(N)cccc1/C=N/N=C(N)N. The van der Waals surface area contributed by atoms with E-state index >= 15 is 0 Å². The zero-order chi connectivity index (χ0) is 10.6. The summed E-state index contributed by atoms with van der Waals surface area (Å²) in [5, 5.41) is 7.19. The van der Waals surface area contributed by atoms with E-state index in [1.165, 1.54) is 0 Å². The zero-order valence-corrected chi connectivity index (χ0v) is 7.94. The summed E-state index contributed by atoms with van der Waals surface area (Å²) < 4.78 is 0. The third-order valence-corrected chi connectivity index (χ3v) is 1.79. The number of hydrogen-bond donors (Lipinski definition) is 3. The van der Waals surface area contributed by atoms with E-state index in [1.807, 2.05) is 25.1 Å². The van der Waals surface area contributed by atoms with Crippen molar-refractivity contribution in [3.8, 4) is 0 Å². The van der Waals surface area contributed by atoms with Crippen molar-refractivity contribution in [1.29, 1.82) is 0 Å². The van der Waals surface area contributed by atoms with E-state index < -0.39 is 0 Å². The fourth-order valence-electron chi connectivity index (χ4n) is 0.970. The first-order chi connectivity index (χ1) is 6.61. The molecule has 1 rings (SSSR count). The van der Waals surface area contributed by atoms with Gasteiger partial charge in [0.1, 0.15) is 0 Å². The first-order valence-corrected chi connectivity index (χ1v) is 4.08. The number of benzene rings is 1. The monoisotopic (exact) mass is 191 g/mol. The second kappa shape index (κ2) is 4.27. The van der Waals surface area contributed by atoms with E-state index in [4.69, 9.17) is 17.2 Å². The van der Waals surface area contributed by atoms with E-state index in [2.05, 4.69) is 10.2 Å². The van der Waals surface area contributed by atoms with Gasteiger partial charge in [-0.05, 0) is 24.1 Å². The lowest BCUT2D eigenvalue weighted by Crippen LogP contribution is -2.21. The number of nitrogens with two attached hydrogens (primary N) is 3. The summed E-state index contributed by atoms with van der Waals surface area (Å²) in [4.78, 5) is 0. The standard InChI is InChI=1S/C9H13N5/c1-6-7(3-2-4-8(6)10)5-13-14-9(11)12/h2-5H,10H2,1H3,(H4,11,12,14)/b13-5+. The Kier molecular flexibility index (Phi) is 3.06. The van der Waals surface area contributed by atoms with Gasteiger partial charge in [0.2, 0.25) is 5.96 Å². The van der Waals surface area contributed by atoms with Gasteiger partial charge in [-0.2, -0.15) is 5.10 Å². The Labute approximate surface area is 82.3 Å². The largest absolute Gasteiger partial charge is 0.398 e. The quantitative estimate of drug-likeness (QED) is 0.269. The molecule has 0 unspecified atom stereocenters. The Bertz CT molecular complexity index is 377. The Morgan fingerprint density at radius 1 is 1.36 bits per heavy atom. The molecule has 1 aromatic rings. The molecule has 0 amide bonds. The van der Waals surface area contributed by atoms with Gasteiger partial charge in [-0.25, -0.2) is 0 Å². The lowest BCUT2D eigenvalue weighted by atomic mass is 10.1. The fourth-order valence-corrected chi connectivity index (χ4v) is 0.970. The number of guanidine groups is 1. The van der Waals surface area contributed by atoms with Gasteiger partial charge >= 0.3 is 0 Å². The van der Waals surface area contributed by atoms with Gasteiger partial charge in [0.15, 0.2) is 0 Å². The third kappa shape index (κ3) is 2.48. The van der Waals surface area contributed by atoms with Gasteiger partial charge in [0, 0.05) is 5.69 Å². The maximum atomic E-state index is 5.71. The van der Waals surface area contributed by atoms with Crippen molar-refractivity contribution < 1.29 is 0 Å². The normalized spacial score (nSPS) is 10.4. The minimum Gasteiger partial charge on any atom is -0.398 e. The van der Waals surface area contributed by atoms with Gasteiger partial charge in [-0.1, -0.05) is 12.1 Å². The second-order valence-corrected chi connectivity index (χ2v) is 2.83. The van der Waals surface area contributed by atoms with Crippen molar-refractivity contribution in [2.45, 2.75) is 6.92 Å². The van der Waals surface area contributed by atoms with Gasteiger partial charge < -0.3 is 17.2 Å². The average molecular weight is 191 g/mol. The van der Waals surface area contributed by atoms with Crippen molar-refractivity contribution in [3.63, 3.8) is 0 Å². The first kappa shape index (κ1) is 10.0. The molecule has 0 atom stereocenters. The maximum Gasteiger partial charge on any atom is 0.211 e. The molecule has 1 aromatic carbocycles. The Morgan fingerprint density at radius 2 is 2.07 bits per heavy atom. The minimum atomic E-state index is -0.0668. The summed E-state index contributed by atoms with van der Waals surface area (Å²) in [5.41, 5.74) is 18.5. The molecule has 5 nitrogen and oxygen atoms in total. The summed E-state index contributed by atoms with van der Waals surface area (Å²) in [7, 11) is 0. The molecule has 74 valence electrons. The van der Waals surface area contributed by atoms with Crippen LogP contribution in [0.25, 0.3) is 0 Å².